The van der Waals surface area contributed by atoms with Gasteiger partial charge in [-0.25, -0.2) is 4.79 Å². The van der Waals surface area contributed by atoms with E-state index in [-0.39, 0.29) is 19.6 Å². The molecule has 3 N–H and O–H groups in total. The number of primary amides is 1. The van der Waals surface area contributed by atoms with Crippen LogP contribution in [0.15, 0.2) is 48.5 Å². The number of carbonyl (C=O) groups is 2. The number of halogens is 2. The topological polar surface area (TPSA) is 90.7 Å². The number of esters is 1. The third-order valence-electron chi connectivity index (χ3n) is 3.37. The van der Waals surface area contributed by atoms with Gasteiger partial charge < -0.3 is 20.5 Å². The highest BCUT2D eigenvalue weighted by Gasteiger charge is 2.18. The number of benzene rings is 2. The predicted octanol–water partition coefficient (Wildman–Crippen LogP) is 3.72. The summed E-state index contributed by atoms with van der Waals surface area (Å²) in [5.41, 5.74) is 5.87. The molecule has 0 radical (unpaired) electrons. The molecular weight excluding hydrogens is 379 g/mol. The van der Waals surface area contributed by atoms with E-state index in [0.29, 0.717) is 21.4 Å². The molecule has 6 nitrogen and oxygen atoms in total. The zero-order valence-electron chi connectivity index (χ0n) is 13.8. The van der Waals surface area contributed by atoms with Gasteiger partial charge in [0, 0.05) is 10.0 Å². The number of hydrogen-bond donors (Lipinski definition) is 2. The van der Waals surface area contributed by atoms with Gasteiger partial charge in [0.25, 0.3) is 0 Å². The second-order valence-corrected chi connectivity index (χ2v) is 6.22. The quantitative estimate of drug-likeness (QED) is 0.525. The summed E-state index contributed by atoms with van der Waals surface area (Å²) in [4.78, 5) is 23.2. The van der Waals surface area contributed by atoms with Crippen LogP contribution in [0.25, 0.3) is 0 Å². The minimum absolute atomic E-state index is 0.0647. The first-order chi connectivity index (χ1) is 12.4. The van der Waals surface area contributed by atoms with Crippen molar-refractivity contribution < 1.29 is 19.1 Å². The maximum atomic E-state index is 12.0. The lowest BCUT2D eigenvalue weighted by molar-refractivity contribution is -0.144. The van der Waals surface area contributed by atoms with Gasteiger partial charge >= 0.3 is 12.0 Å². The van der Waals surface area contributed by atoms with Gasteiger partial charge in [-0.1, -0.05) is 41.4 Å². The second kappa shape index (κ2) is 9.89. The third-order valence-corrected chi connectivity index (χ3v) is 3.86. The lowest BCUT2D eigenvalue weighted by Gasteiger charge is -2.17. The van der Waals surface area contributed by atoms with E-state index in [1.807, 2.05) is 0 Å². The maximum absolute atomic E-state index is 12.0. The van der Waals surface area contributed by atoms with Crippen LogP contribution in [-0.4, -0.2) is 25.2 Å². The normalized spacial score (nSPS) is 11.5. The van der Waals surface area contributed by atoms with Crippen molar-refractivity contribution in [2.75, 3.05) is 13.2 Å². The molecule has 0 heterocycles. The molecule has 0 bridgehead atoms. The average Bonchev–Trinajstić information content (AvgIpc) is 2.58. The lowest BCUT2D eigenvalue weighted by atomic mass is 10.0. The Kier molecular flexibility index (Phi) is 7.56. The van der Waals surface area contributed by atoms with E-state index >= 15 is 0 Å². The van der Waals surface area contributed by atoms with Crippen molar-refractivity contribution in [3.8, 4) is 5.75 Å². The molecule has 2 rings (SSSR count). The van der Waals surface area contributed by atoms with Gasteiger partial charge in [-0.15, -0.1) is 0 Å². The zero-order valence-corrected chi connectivity index (χ0v) is 15.3. The number of amides is 2. The van der Waals surface area contributed by atoms with Crippen LogP contribution in [0.3, 0.4) is 0 Å². The Labute approximate surface area is 161 Å². The molecule has 1 atom stereocenters. The summed E-state index contributed by atoms with van der Waals surface area (Å²) < 4.78 is 10.6. The summed E-state index contributed by atoms with van der Waals surface area (Å²) in [5, 5.41) is 3.62. The van der Waals surface area contributed by atoms with Crippen LogP contribution < -0.4 is 15.8 Å². The van der Waals surface area contributed by atoms with Crippen LogP contribution >= 0.6 is 23.2 Å². The van der Waals surface area contributed by atoms with Crippen LogP contribution in [0.1, 0.15) is 18.0 Å². The van der Waals surface area contributed by atoms with E-state index in [4.69, 9.17) is 38.4 Å². The smallest absolute Gasteiger partial charge is 0.312 e. The van der Waals surface area contributed by atoms with E-state index in [0.717, 1.165) is 0 Å². The molecule has 0 saturated carbocycles. The number of urea groups is 1. The highest BCUT2D eigenvalue weighted by Crippen LogP contribution is 2.20. The fourth-order valence-electron chi connectivity index (χ4n) is 2.22. The van der Waals surface area contributed by atoms with Crippen molar-refractivity contribution in [3.63, 3.8) is 0 Å². The molecule has 0 saturated heterocycles. The van der Waals surface area contributed by atoms with Crippen LogP contribution in [-0.2, 0) is 9.53 Å². The molecule has 0 aromatic heterocycles. The van der Waals surface area contributed by atoms with Crippen molar-refractivity contribution >= 4 is 35.2 Å². The molecule has 8 heteroatoms. The minimum Gasteiger partial charge on any atom is -0.490 e. The predicted molar refractivity (Wildman–Crippen MR) is 99.4 cm³/mol. The lowest BCUT2D eigenvalue weighted by Crippen LogP contribution is -2.34. The van der Waals surface area contributed by atoms with Gasteiger partial charge in [0.15, 0.2) is 0 Å². The van der Waals surface area contributed by atoms with Crippen LogP contribution in [0.4, 0.5) is 4.79 Å². The molecule has 0 fully saturated rings. The van der Waals surface area contributed by atoms with Gasteiger partial charge in [0.2, 0.25) is 0 Å². The van der Waals surface area contributed by atoms with Gasteiger partial charge in [0.1, 0.15) is 19.0 Å². The Bertz CT molecular complexity index is 753. The second-order valence-electron chi connectivity index (χ2n) is 5.34. The van der Waals surface area contributed by atoms with Crippen molar-refractivity contribution in [2.45, 2.75) is 12.5 Å². The highest BCUT2D eigenvalue weighted by molar-refractivity contribution is 6.30. The summed E-state index contributed by atoms with van der Waals surface area (Å²) in [6.45, 7) is 0.246. The first-order valence-corrected chi connectivity index (χ1v) is 8.55. The van der Waals surface area contributed by atoms with Crippen LogP contribution in [0.5, 0.6) is 5.75 Å². The first kappa shape index (κ1) is 19.9. The van der Waals surface area contributed by atoms with Gasteiger partial charge in [-0.05, 0) is 35.9 Å². The SMILES string of the molecule is NC(=O)NC(CC(=O)OCCOc1cccc(Cl)c1)c1ccc(Cl)cc1. The van der Waals surface area contributed by atoms with Gasteiger partial charge in [-0.3, -0.25) is 4.79 Å². The van der Waals surface area contributed by atoms with E-state index in [2.05, 4.69) is 5.32 Å². The molecule has 0 aliphatic heterocycles. The number of ether oxygens (including phenoxy) is 2. The summed E-state index contributed by atoms with van der Waals surface area (Å²) in [5.74, 6) is 0.0939. The van der Waals surface area contributed by atoms with Crippen LogP contribution in [0, 0.1) is 0 Å². The largest absolute Gasteiger partial charge is 0.490 e. The maximum Gasteiger partial charge on any atom is 0.312 e. The van der Waals surface area contributed by atoms with Gasteiger partial charge in [-0.2, -0.15) is 0 Å². The van der Waals surface area contributed by atoms with Crippen molar-refractivity contribution in [2.24, 2.45) is 5.73 Å². The Hall–Kier alpha value is -2.44. The average molecular weight is 397 g/mol. The molecule has 2 amide bonds. The zero-order chi connectivity index (χ0) is 18.9. The third kappa shape index (κ3) is 6.82. The molecule has 0 aliphatic rings. The summed E-state index contributed by atoms with van der Waals surface area (Å²) in [6.07, 6.45) is -0.0677. The number of nitrogens with two attached hydrogens (primary N) is 1. The first-order valence-electron chi connectivity index (χ1n) is 7.79. The summed E-state index contributed by atoms with van der Waals surface area (Å²) >= 11 is 11.7. The number of nitrogens with one attached hydrogen (secondary N) is 1. The Morgan fingerprint density at radius 2 is 1.77 bits per heavy atom. The molecule has 26 heavy (non-hydrogen) atoms. The number of carbonyl (C=O) groups excluding carboxylic acids is 2. The number of rotatable bonds is 8. The van der Waals surface area contributed by atoms with Crippen molar-refractivity contribution in [1.82, 2.24) is 5.32 Å². The Balaban J connectivity index is 1.82. The minimum atomic E-state index is -0.734. The fraction of sp³-hybridized carbons (Fsp3) is 0.222. The van der Waals surface area contributed by atoms with Crippen molar-refractivity contribution in [1.29, 1.82) is 0 Å². The van der Waals surface area contributed by atoms with E-state index < -0.39 is 18.0 Å². The monoisotopic (exact) mass is 396 g/mol. The fourth-order valence-corrected chi connectivity index (χ4v) is 2.52. The highest BCUT2D eigenvalue weighted by atomic mass is 35.5. The molecule has 0 spiro atoms. The van der Waals surface area contributed by atoms with Crippen molar-refractivity contribution in [3.05, 3.63) is 64.1 Å². The standard InChI is InChI=1S/C18H18Cl2N2O4/c19-13-6-4-12(5-7-13)16(22-18(21)24)11-17(23)26-9-8-25-15-3-1-2-14(20)10-15/h1-7,10,16H,8-9,11H2,(H3,21,22,24). The van der Waals surface area contributed by atoms with Crippen LogP contribution in [0.2, 0.25) is 10.0 Å². The van der Waals surface area contributed by atoms with E-state index in [1.165, 1.54) is 0 Å². The molecule has 2 aromatic rings. The molecule has 138 valence electrons. The Morgan fingerprint density at radius 1 is 1.04 bits per heavy atom. The molecular formula is C18H18Cl2N2O4. The van der Waals surface area contributed by atoms with E-state index in [1.54, 1.807) is 48.5 Å². The van der Waals surface area contributed by atoms with Gasteiger partial charge in [0.05, 0.1) is 12.5 Å². The number of hydrogen-bond acceptors (Lipinski definition) is 4. The summed E-state index contributed by atoms with van der Waals surface area (Å²) in [7, 11) is 0. The molecule has 1 unspecified atom stereocenters. The Morgan fingerprint density at radius 3 is 2.42 bits per heavy atom. The molecule has 2 aromatic carbocycles. The summed E-state index contributed by atoms with van der Waals surface area (Å²) in [6, 6.07) is 12.3. The van der Waals surface area contributed by atoms with E-state index in [9.17, 15) is 9.59 Å². The molecule has 0 aliphatic carbocycles.